The van der Waals surface area contributed by atoms with E-state index in [4.69, 9.17) is 14.2 Å². The van der Waals surface area contributed by atoms with E-state index < -0.39 is 0 Å². The van der Waals surface area contributed by atoms with Gasteiger partial charge in [-0.15, -0.1) is 0 Å². The average Bonchev–Trinajstić information content (AvgIpc) is 3.66. The molecule has 0 bridgehead atoms. The van der Waals surface area contributed by atoms with Gasteiger partial charge in [-0.1, -0.05) is 24.3 Å². The molecule has 2 aromatic rings. The lowest BCUT2D eigenvalue weighted by atomic mass is 10.0. The third-order valence-corrected chi connectivity index (χ3v) is 6.51. The number of hydrogen-bond donors (Lipinski definition) is 0. The summed E-state index contributed by atoms with van der Waals surface area (Å²) in [7, 11) is 1.70. The maximum Gasteiger partial charge on any atom is 0.227 e. The minimum Gasteiger partial charge on any atom is -0.496 e. The van der Waals surface area contributed by atoms with Crippen LogP contribution in [-0.2, 0) is 4.79 Å². The molecule has 3 aliphatic rings. The highest BCUT2D eigenvalue weighted by Gasteiger charge is 2.50. The summed E-state index contributed by atoms with van der Waals surface area (Å²) in [5.74, 6) is 3.04. The first-order chi connectivity index (χ1) is 14.7. The smallest absolute Gasteiger partial charge is 0.227 e. The topological polar surface area (TPSA) is 48.0 Å². The van der Waals surface area contributed by atoms with Crippen LogP contribution in [0.2, 0.25) is 0 Å². The highest BCUT2D eigenvalue weighted by molar-refractivity contribution is 5.84. The largest absolute Gasteiger partial charge is 0.496 e. The summed E-state index contributed by atoms with van der Waals surface area (Å²) in [6.45, 7) is 3.48. The predicted octanol–water partition coefficient (Wildman–Crippen LogP) is 4.71. The van der Waals surface area contributed by atoms with Gasteiger partial charge in [0.05, 0.1) is 26.4 Å². The Labute approximate surface area is 177 Å². The van der Waals surface area contributed by atoms with Crippen molar-refractivity contribution in [2.75, 3.05) is 20.3 Å². The molecule has 2 aliphatic carbocycles. The van der Waals surface area contributed by atoms with Gasteiger partial charge in [0.2, 0.25) is 5.91 Å². The fourth-order valence-electron chi connectivity index (χ4n) is 4.62. The van der Waals surface area contributed by atoms with Crippen LogP contribution in [0.25, 0.3) is 0 Å². The lowest BCUT2D eigenvalue weighted by Gasteiger charge is -2.30. The minimum absolute atomic E-state index is 0.0149. The summed E-state index contributed by atoms with van der Waals surface area (Å²) in [5.41, 5.74) is 2.26. The predicted molar refractivity (Wildman–Crippen MR) is 114 cm³/mol. The zero-order valence-electron chi connectivity index (χ0n) is 17.7. The van der Waals surface area contributed by atoms with E-state index in [0.717, 1.165) is 54.1 Å². The van der Waals surface area contributed by atoms with Gasteiger partial charge in [-0.3, -0.25) is 4.79 Å². The van der Waals surface area contributed by atoms with Gasteiger partial charge < -0.3 is 19.1 Å². The third kappa shape index (κ3) is 3.62. The average molecular weight is 408 g/mol. The maximum absolute atomic E-state index is 13.6. The fourth-order valence-corrected chi connectivity index (χ4v) is 4.62. The first-order valence-corrected chi connectivity index (χ1v) is 11.0. The Balaban J connectivity index is 1.36. The van der Waals surface area contributed by atoms with Crippen molar-refractivity contribution in [2.24, 2.45) is 5.92 Å². The van der Waals surface area contributed by atoms with Crippen molar-refractivity contribution in [1.29, 1.82) is 0 Å². The number of fused-ring (bicyclic) bond motifs is 1. The minimum atomic E-state index is 0.0149. The van der Waals surface area contributed by atoms with Crippen LogP contribution in [0.3, 0.4) is 0 Å². The number of nitrogens with zero attached hydrogens (tertiary/aromatic N) is 1. The molecule has 5 nitrogen and oxygen atoms in total. The summed E-state index contributed by atoms with van der Waals surface area (Å²) in [5, 5.41) is 0. The molecule has 1 amide bonds. The molecule has 0 saturated heterocycles. The molecule has 5 rings (SSSR count). The molecule has 0 unspecified atom stereocenters. The molecule has 3 atom stereocenters. The Kier molecular flexibility index (Phi) is 5.05. The Morgan fingerprint density at radius 3 is 2.63 bits per heavy atom. The van der Waals surface area contributed by atoms with Crippen LogP contribution < -0.4 is 14.2 Å². The first kappa shape index (κ1) is 19.3. The molecule has 158 valence electrons. The molecular weight excluding hydrogens is 378 g/mol. The van der Waals surface area contributed by atoms with Crippen molar-refractivity contribution in [3.63, 3.8) is 0 Å². The normalized spacial score (nSPS) is 23.3. The zero-order chi connectivity index (χ0) is 20.7. The molecule has 0 N–H and O–H groups in total. The van der Waals surface area contributed by atoms with Gasteiger partial charge in [-0.2, -0.15) is 0 Å². The zero-order valence-corrected chi connectivity index (χ0v) is 17.7. The van der Waals surface area contributed by atoms with E-state index in [1.165, 1.54) is 0 Å². The molecule has 2 aromatic carbocycles. The highest BCUT2D eigenvalue weighted by atomic mass is 16.5. The van der Waals surface area contributed by atoms with Crippen molar-refractivity contribution in [1.82, 2.24) is 4.90 Å². The van der Waals surface area contributed by atoms with Gasteiger partial charge in [-0.05, 0) is 61.4 Å². The van der Waals surface area contributed by atoms with Crippen molar-refractivity contribution in [3.8, 4) is 17.2 Å². The maximum atomic E-state index is 13.6. The summed E-state index contributed by atoms with van der Waals surface area (Å²) in [6, 6.07) is 14.5. The molecule has 2 saturated carbocycles. The molecule has 2 fully saturated rings. The molecule has 0 radical (unpaired) electrons. The van der Waals surface area contributed by atoms with E-state index >= 15 is 0 Å². The van der Waals surface area contributed by atoms with Crippen LogP contribution in [0.4, 0.5) is 0 Å². The number of hydrogen-bond acceptors (Lipinski definition) is 4. The molecule has 0 aromatic heterocycles. The van der Waals surface area contributed by atoms with Crippen LogP contribution in [0.15, 0.2) is 42.5 Å². The second-order valence-corrected chi connectivity index (χ2v) is 8.60. The van der Waals surface area contributed by atoms with Crippen LogP contribution in [0, 0.1) is 5.92 Å². The van der Waals surface area contributed by atoms with E-state index in [0.29, 0.717) is 19.3 Å². The van der Waals surface area contributed by atoms with Crippen LogP contribution in [0.1, 0.15) is 55.7 Å². The van der Waals surface area contributed by atoms with E-state index in [1.54, 1.807) is 7.11 Å². The Morgan fingerprint density at radius 1 is 1.10 bits per heavy atom. The SMILES string of the molecule is COc1ccccc1[C@@H]1C[C@@H]1C(=O)N(C1CC1)[C@@H](C)c1ccc2c(c1)OCCCO2. The van der Waals surface area contributed by atoms with Crippen LogP contribution in [0.5, 0.6) is 17.2 Å². The lowest BCUT2D eigenvalue weighted by molar-refractivity contribution is -0.135. The van der Waals surface area contributed by atoms with Crippen molar-refractivity contribution in [3.05, 3.63) is 53.6 Å². The summed E-state index contributed by atoms with van der Waals surface area (Å²) in [6.07, 6.45) is 3.97. The molecule has 1 aliphatic heterocycles. The van der Waals surface area contributed by atoms with E-state index in [9.17, 15) is 4.79 Å². The summed E-state index contributed by atoms with van der Waals surface area (Å²) >= 11 is 0. The quantitative estimate of drug-likeness (QED) is 0.696. The standard InChI is InChI=1S/C25H29NO4/c1-16(17-8-11-23-24(14-17)30-13-5-12-29-23)26(18-9-10-18)25(27)21-15-20(21)19-6-3-4-7-22(19)28-2/h3-4,6-8,11,14,16,18,20-21H,5,9-10,12-13,15H2,1-2H3/t16-,20-,21-/m0/s1. The number of methoxy groups -OCH3 is 1. The monoisotopic (exact) mass is 407 g/mol. The van der Waals surface area contributed by atoms with Crippen molar-refractivity contribution >= 4 is 5.91 Å². The number of carbonyl (C=O) groups excluding carboxylic acids is 1. The number of rotatable bonds is 6. The van der Waals surface area contributed by atoms with E-state index in [1.807, 2.05) is 24.3 Å². The number of amides is 1. The molecular formula is C25H29NO4. The second kappa shape index (κ2) is 7.86. The Bertz CT molecular complexity index is 938. The Hall–Kier alpha value is -2.69. The van der Waals surface area contributed by atoms with Gasteiger partial charge in [0.25, 0.3) is 0 Å². The summed E-state index contributed by atoms with van der Waals surface area (Å²) < 4.78 is 17.2. The third-order valence-electron chi connectivity index (χ3n) is 6.51. The first-order valence-electron chi connectivity index (χ1n) is 11.0. The van der Waals surface area contributed by atoms with Gasteiger partial charge in [0.1, 0.15) is 5.75 Å². The number of carbonyl (C=O) groups is 1. The fraction of sp³-hybridized carbons (Fsp3) is 0.480. The lowest BCUT2D eigenvalue weighted by Crippen LogP contribution is -2.37. The van der Waals surface area contributed by atoms with Crippen molar-refractivity contribution in [2.45, 2.75) is 50.6 Å². The highest BCUT2D eigenvalue weighted by Crippen LogP contribution is 2.53. The number of para-hydroxylation sites is 1. The van der Waals surface area contributed by atoms with Crippen molar-refractivity contribution < 1.29 is 19.0 Å². The molecule has 0 spiro atoms. The molecule has 1 heterocycles. The van der Waals surface area contributed by atoms with Crippen LogP contribution >= 0.6 is 0 Å². The van der Waals surface area contributed by atoms with Gasteiger partial charge in [-0.25, -0.2) is 0 Å². The number of ether oxygens (including phenoxy) is 3. The summed E-state index contributed by atoms with van der Waals surface area (Å²) in [4.78, 5) is 15.7. The van der Waals surface area contributed by atoms with E-state index in [2.05, 4.69) is 30.0 Å². The Morgan fingerprint density at radius 2 is 1.87 bits per heavy atom. The molecule has 5 heteroatoms. The van der Waals surface area contributed by atoms with Gasteiger partial charge in [0, 0.05) is 18.4 Å². The van der Waals surface area contributed by atoms with Gasteiger partial charge >= 0.3 is 0 Å². The second-order valence-electron chi connectivity index (χ2n) is 8.60. The van der Waals surface area contributed by atoms with E-state index in [-0.39, 0.29) is 23.8 Å². The molecule has 30 heavy (non-hydrogen) atoms. The van der Waals surface area contributed by atoms with Crippen LogP contribution in [-0.4, -0.2) is 37.2 Å². The van der Waals surface area contributed by atoms with Gasteiger partial charge in [0.15, 0.2) is 11.5 Å². The number of benzene rings is 2.